The highest BCUT2D eigenvalue weighted by Crippen LogP contribution is 2.24. The van der Waals surface area contributed by atoms with E-state index in [1.54, 1.807) is 0 Å². The van der Waals surface area contributed by atoms with Gasteiger partial charge in [0.15, 0.2) is 5.82 Å². The van der Waals surface area contributed by atoms with Gasteiger partial charge in [0.1, 0.15) is 0 Å². The molecule has 1 unspecified atom stereocenters. The van der Waals surface area contributed by atoms with Gasteiger partial charge in [0, 0.05) is 28.6 Å². The summed E-state index contributed by atoms with van der Waals surface area (Å²) in [5.41, 5.74) is 2.37. The summed E-state index contributed by atoms with van der Waals surface area (Å²) in [6.45, 7) is 6.85. The molecule has 0 bridgehead atoms. The fourth-order valence-corrected chi connectivity index (χ4v) is 4.55. The Hall–Kier alpha value is -1.35. The van der Waals surface area contributed by atoms with Gasteiger partial charge in [0.05, 0.1) is 0 Å². The van der Waals surface area contributed by atoms with Crippen LogP contribution in [0, 0.1) is 5.92 Å². The van der Waals surface area contributed by atoms with E-state index in [1.807, 2.05) is 24.2 Å². The quantitative estimate of drug-likeness (QED) is 0.198. The number of hydrogen-bond acceptors (Lipinski definition) is 3. The van der Waals surface area contributed by atoms with E-state index in [1.165, 1.54) is 86.8 Å². The fourth-order valence-electron chi connectivity index (χ4n) is 3.51. The zero-order valence-corrected chi connectivity index (χ0v) is 20.4. The Bertz CT molecular complexity index is 666. The molecule has 1 aromatic heterocycles. The Morgan fingerprint density at radius 3 is 1.90 bits per heavy atom. The molecular weight excluding hydrogens is 384 g/mol. The lowest BCUT2D eigenvalue weighted by molar-refractivity contribution is 0.556. The molecule has 3 heteroatoms. The molecule has 1 heterocycles. The predicted octanol–water partition coefficient (Wildman–Crippen LogP) is 8.75. The van der Waals surface area contributed by atoms with Crippen LogP contribution in [0.3, 0.4) is 0 Å². The molecule has 0 radical (unpaired) electrons. The van der Waals surface area contributed by atoms with Crippen LogP contribution in [0.4, 0.5) is 0 Å². The van der Waals surface area contributed by atoms with Gasteiger partial charge in [-0.15, -0.1) is 11.8 Å². The highest BCUT2D eigenvalue weighted by Gasteiger charge is 2.04. The van der Waals surface area contributed by atoms with Crippen LogP contribution in [0.2, 0.25) is 0 Å². The largest absolute Gasteiger partial charge is 0.236 e. The summed E-state index contributed by atoms with van der Waals surface area (Å²) >= 11 is 1.94. The third-order valence-corrected chi connectivity index (χ3v) is 7.21. The lowest BCUT2D eigenvalue weighted by atomic mass is 10.0. The zero-order chi connectivity index (χ0) is 21.4. The van der Waals surface area contributed by atoms with E-state index in [4.69, 9.17) is 0 Å². The van der Waals surface area contributed by atoms with E-state index in [-0.39, 0.29) is 0 Å². The fraction of sp³-hybridized carbons (Fsp3) is 0.630. The van der Waals surface area contributed by atoms with Crippen molar-refractivity contribution in [3.63, 3.8) is 0 Å². The second-order valence-corrected chi connectivity index (χ2v) is 9.79. The topological polar surface area (TPSA) is 25.8 Å². The summed E-state index contributed by atoms with van der Waals surface area (Å²) in [4.78, 5) is 10.6. The number of benzene rings is 1. The smallest absolute Gasteiger partial charge is 0.159 e. The molecular formula is C27H42N2S. The minimum Gasteiger partial charge on any atom is -0.236 e. The van der Waals surface area contributed by atoms with Crippen molar-refractivity contribution in [1.29, 1.82) is 0 Å². The van der Waals surface area contributed by atoms with Gasteiger partial charge in [-0.25, -0.2) is 9.97 Å². The minimum absolute atomic E-state index is 0.765. The molecule has 2 nitrogen and oxygen atoms in total. The van der Waals surface area contributed by atoms with Gasteiger partial charge in [-0.3, -0.25) is 0 Å². The molecule has 2 rings (SSSR count). The molecule has 0 N–H and O–H groups in total. The lowest BCUT2D eigenvalue weighted by Crippen LogP contribution is -1.95. The van der Waals surface area contributed by atoms with Gasteiger partial charge in [-0.1, -0.05) is 97.1 Å². The van der Waals surface area contributed by atoms with E-state index in [0.29, 0.717) is 0 Å². The third kappa shape index (κ3) is 10.1. The van der Waals surface area contributed by atoms with E-state index in [9.17, 15) is 0 Å². The SMILES string of the molecule is CCCCCCCCCCCCc1cnc(-c2ccc(SCC(C)CC)cc2)nc1. The Morgan fingerprint density at radius 1 is 0.767 bits per heavy atom. The normalized spacial score (nSPS) is 12.2. The van der Waals surface area contributed by atoms with Gasteiger partial charge >= 0.3 is 0 Å². The van der Waals surface area contributed by atoms with E-state index in [2.05, 4.69) is 55.0 Å². The number of nitrogens with zero attached hydrogens (tertiary/aromatic N) is 2. The van der Waals surface area contributed by atoms with Gasteiger partial charge in [-0.2, -0.15) is 0 Å². The molecule has 1 aromatic carbocycles. The molecule has 0 amide bonds. The van der Waals surface area contributed by atoms with Gasteiger partial charge < -0.3 is 0 Å². The maximum atomic E-state index is 4.61. The number of rotatable bonds is 16. The van der Waals surface area contributed by atoms with Crippen LogP contribution >= 0.6 is 11.8 Å². The van der Waals surface area contributed by atoms with Crippen molar-refractivity contribution in [3.8, 4) is 11.4 Å². The maximum Gasteiger partial charge on any atom is 0.159 e. The summed E-state index contributed by atoms with van der Waals surface area (Å²) in [5, 5.41) is 0. The van der Waals surface area contributed by atoms with Gasteiger partial charge in [-0.05, 0) is 36.5 Å². The van der Waals surface area contributed by atoms with Crippen molar-refractivity contribution in [2.24, 2.45) is 5.92 Å². The van der Waals surface area contributed by atoms with Gasteiger partial charge in [0.2, 0.25) is 0 Å². The average Bonchev–Trinajstić information content (AvgIpc) is 2.79. The Labute approximate surface area is 189 Å². The molecule has 1 atom stereocenters. The number of thioether (sulfide) groups is 1. The van der Waals surface area contributed by atoms with Crippen LogP contribution < -0.4 is 0 Å². The van der Waals surface area contributed by atoms with E-state index >= 15 is 0 Å². The van der Waals surface area contributed by atoms with E-state index < -0.39 is 0 Å². The van der Waals surface area contributed by atoms with Crippen LogP contribution in [0.25, 0.3) is 11.4 Å². The summed E-state index contributed by atoms with van der Waals surface area (Å²) in [6, 6.07) is 8.69. The van der Waals surface area contributed by atoms with Crippen LogP contribution in [0.5, 0.6) is 0 Å². The maximum absolute atomic E-state index is 4.61. The van der Waals surface area contributed by atoms with Crippen LogP contribution in [-0.2, 0) is 6.42 Å². The molecule has 0 saturated carbocycles. The summed E-state index contributed by atoms with van der Waals surface area (Å²) in [5.74, 6) is 2.78. The molecule has 0 saturated heterocycles. The first-order chi connectivity index (χ1) is 14.7. The highest BCUT2D eigenvalue weighted by atomic mass is 32.2. The molecule has 166 valence electrons. The minimum atomic E-state index is 0.765. The van der Waals surface area contributed by atoms with Gasteiger partial charge in [0.25, 0.3) is 0 Å². The Kier molecular flexibility index (Phi) is 12.8. The van der Waals surface area contributed by atoms with Crippen LogP contribution in [-0.4, -0.2) is 15.7 Å². The van der Waals surface area contributed by atoms with Crippen molar-refractivity contribution in [2.75, 3.05) is 5.75 Å². The zero-order valence-electron chi connectivity index (χ0n) is 19.5. The van der Waals surface area contributed by atoms with Crippen molar-refractivity contribution < 1.29 is 0 Å². The number of hydrogen-bond donors (Lipinski definition) is 0. The molecule has 0 fully saturated rings. The third-order valence-electron chi connectivity index (χ3n) is 5.87. The average molecular weight is 427 g/mol. The summed E-state index contributed by atoms with van der Waals surface area (Å²) < 4.78 is 0. The standard InChI is InChI=1S/C27H42N2S/c1-4-6-7-8-9-10-11-12-13-14-15-24-20-28-27(29-21-24)25-16-18-26(19-17-25)30-22-23(3)5-2/h16-21,23H,4-15,22H2,1-3H3. The van der Waals surface area contributed by atoms with E-state index in [0.717, 1.165) is 23.7 Å². The molecule has 2 aromatic rings. The molecule has 30 heavy (non-hydrogen) atoms. The van der Waals surface area contributed by atoms with Crippen molar-refractivity contribution >= 4 is 11.8 Å². The first-order valence-corrected chi connectivity index (χ1v) is 13.3. The highest BCUT2D eigenvalue weighted by molar-refractivity contribution is 7.99. The van der Waals surface area contributed by atoms with Crippen molar-refractivity contribution in [1.82, 2.24) is 9.97 Å². The number of unbranched alkanes of at least 4 members (excludes halogenated alkanes) is 9. The predicted molar refractivity (Wildman–Crippen MR) is 133 cm³/mol. The molecule has 0 aliphatic rings. The van der Waals surface area contributed by atoms with Crippen LogP contribution in [0.15, 0.2) is 41.6 Å². The first kappa shape index (κ1) is 24.9. The van der Waals surface area contributed by atoms with Crippen LogP contribution in [0.1, 0.15) is 97.0 Å². The summed E-state index contributed by atoms with van der Waals surface area (Å²) in [6.07, 6.45) is 20.1. The molecule has 0 spiro atoms. The second-order valence-electron chi connectivity index (χ2n) is 8.70. The Balaban J connectivity index is 1.64. The van der Waals surface area contributed by atoms with Crippen molar-refractivity contribution in [2.45, 2.75) is 103 Å². The number of aromatic nitrogens is 2. The molecule has 0 aliphatic carbocycles. The second kappa shape index (κ2) is 15.5. The number of aryl methyl sites for hydroxylation is 1. The monoisotopic (exact) mass is 426 g/mol. The Morgan fingerprint density at radius 2 is 1.33 bits per heavy atom. The molecule has 0 aliphatic heterocycles. The summed E-state index contributed by atoms with van der Waals surface area (Å²) in [7, 11) is 0. The lowest BCUT2D eigenvalue weighted by Gasteiger charge is -2.08. The van der Waals surface area contributed by atoms with Crippen molar-refractivity contribution in [3.05, 3.63) is 42.2 Å². The first-order valence-electron chi connectivity index (χ1n) is 12.3.